The van der Waals surface area contributed by atoms with Crippen LogP contribution in [0.3, 0.4) is 0 Å². The Morgan fingerprint density at radius 1 is 1.67 bits per heavy atom. The van der Waals surface area contributed by atoms with Gasteiger partial charge in [0.15, 0.2) is 0 Å². The van der Waals surface area contributed by atoms with Crippen LogP contribution in [0.1, 0.15) is 27.9 Å². The number of hydrogen-bond acceptors (Lipinski definition) is 3. The Labute approximate surface area is 93.9 Å². The van der Waals surface area contributed by atoms with Crippen LogP contribution >= 0.6 is 11.3 Å². The van der Waals surface area contributed by atoms with Crippen molar-refractivity contribution in [2.45, 2.75) is 26.3 Å². The third-order valence-corrected chi connectivity index (χ3v) is 3.31. The number of rotatable bonds is 3. The molecule has 1 aromatic rings. The highest BCUT2D eigenvalue weighted by molar-refractivity contribution is 7.13. The monoisotopic (exact) mass is 222 g/mol. The SMILES string of the molecule is Cc1ccc(C(=O)N(C)C(C)CC#N)s1. The average molecular weight is 222 g/mol. The molecule has 1 heterocycles. The Morgan fingerprint density at radius 2 is 2.33 bits per heavy atom. The molecule has 1 amide bonds. The summed E-state index contributed by atoms with van der Waals surface area (Å²) in [5.74, 6) is -0.00384. The Bertz CT molecular complexity index is 392. The molecule has 0 bridgehead atoms. The summed E-state index contributed by atoms with van der Waals surface area (Å²) in [6, 6.07) is 5.79. The Balaban J connectivity index is 2.73. The van der Waals surface area contributed by atoms with Gasteiger partial charge in [0.1, 0.15) is 0 Å². The third kappa shape index (κ3) is 2.80. The maximum absolute atomic E-state index is 11.9. The van der Waals surface area contributed by atoms with E-state index >= 15 is 0 Å². The molecule has 1 atom stereocenters. The van der Waals surface area contributed by atoms with E-state index in [4.69, 9.17) is 5.26 Å². The van der Waals surface area contributed by atoms with Crippen molar-refractivity contribution in [3.63, 3.8) is 0 Å². The van der Waals surface area contributed by atoms with Gasteiger partial charge in [0.2, 0.25) is 0 Å². The van der Waals surface area contributed by atoms with Crippen molar-refractivity contribution in [3.05, 3.63) is 21.9 Å². The van der Waals surface area contributed by atoms with Gasteiger partial charge in [-0.3, -0.25) is 4.79 Å². The molecule has 0 saturated heterocycles. The molecule has 0 saturated carbocycles. The smallest absolute Gasteiger partial charge is 0.263 e. The first-order chi connectivity index (χ1) is 7.06. The second kappa shape index (κ2) is 4.94. The van der Waals surface area contributed by atoms with Gasteiger partial charge in [-0.2, -0.15) is 5.26 Å². The largest absolute Gasteiger partial charge is 0.337 e. The summed E-state index contributed by atoms with van der Waals surface area (Å²) in [6.07, 6.45) is 0.368. The summed E-state index contributed by atoms with van der Waals surface area (Å²) in [4.78, 5) is 15.4. The maximum Gasteiger partial charge on any atom is 0.263 e. The molecule has 1 unspecified atom stereocenters. The van der Waals surface area contributed by atoms with Gasteiger partial charge in [0.05, 0.1) is 17.4 Å². The lowest BCUT2D eigenvalue weighted by molar-refractivity contribution is 0.0751. The summed E-state index contributed by atoms with van der Waals surface area (Å²) in [7, 11) is 1.74. The highest BCUT2D eigenvalue weighted by atomic mass is 32.1. The first kappa shape index (κ1) is 11.7. The van der Waals surface area contributed by atoms with Crippen LogP contribution in [-0.2, 0) is 0 Å². The van der Waals surface area contributed by atoms with Crippen molar-refractivity contribution in [2.24, 2.45) is 0 Å². The molecule has 80 valence electrons. The predicted octanol–water partition coefficient (Wildman–Crippen LogP) is 2.43. The fourth-order valence-corrected chi connectivity index (χ4v) is 2.04. The molecule has 0 spiro atoms. The average Bonchev–Trinajstić information content (AvgIpc) is 2.63. The lowest BCUT2D eigenvalue weighted by Gasteiger charge is -2.22. The van der Waals surface area contributed by atoms with Crippen molar-refractivity contribution < 1.29 is 4.79 Å². The number of amides is 1. The summed E-state index contributed by atoms with van der Waals surface area (Å²) in [6.45, 7) is 3.85. The zero-order valence-electron chi connectivity index (χ0n) is 9.15. The van der Waals surface area contributed by atoms with E-state index in [1.165, 1.54) is 11.3 Å². The van der Waals surface area contributed by atoms with E-state index in [-0.39, 0.29) is 11.9 Å². The second-order valence-electron chi connectivity index (χ2n) is 3.54. The minimum absolute atomic E-state index is 0.00384. The van der Waals surface area contributed by atoms with Crippen LogP contribution in [0.4, 0.5) is 0 Å². The zero-order valence-corrected chi connectivity index (χ0v) is 9.97. The molecule has 15 heavy (non-hydrogen) atoms. The van der Waals surface area contributed by atoms with Gasteiger partial charge in [-0.05, 0) is 26.0 Å². The molecule has 0 N–H and O–H groups in total. The fourth-order valence-electron chi connectivity index (χ4n) is 1.19. The Hall–Kier alpha value is -1.34. The molecular weight excluding hydrogens is 208 g/mol. The van der Waals surface area contributed by atoms with Gasteiger partial charge in [-0.1, -0.05) is 0 Å². The Morgan fingerprint density at radius 3 is 2.80 bits per heavy atom. The number of hydrogen-bond donors (Lipinski definition) is 0. The first-order valence-corrected chi connectivity index (χ1v) is 5.58. The molecule has 0 fully saturated rings. The summed E-state index contributed by atoms with van der Waals surface area (Å²) in [5, 5.41) is 8.56. The van der Waals surface area contributed by atoms with E-state index in [1.807, 2.05) is 26.0 Å². The van der Waals surface area contributed by atoms with Gasteiger partial charge in [0, 0.05) is 18.0 Å². The molecule has 1 aromatic heterocycles. The van der Waals surface area contributed by atoms with Crippen LogP contribution in [0.5, 0.6) is 0 Å². The molecule has 0 radical (unpaired) electrons. The first-order valence-electron chi connectivity index (χ1n) is 4.76. The minimum Gasteiger partial charge on any atom is -0.337 e. The van der Waals surface area contributed by atoms with Crippen molar-refractivity contribution in [1.29, 1.82) is 5.26 Å². The Kier molecular flexibility index (Phi) is 3.87. The van der Waals surface area contributed by atoms with Crippen molar-refractivity contribution >= 4 is 17.2 Å². The molecule has 0 aliphatic rings. The summed E-state index contributed by atoms with van der Waals surface area (Å²) >= 11 is 1.49. The summed E-state index contributed by atoms with van der Waals surface area (Å²) < 4.78 is 0. The predicted molar refractivity (Wildman–Crippen MR) is 60.8 cm³/mol. The third-order valence-electron chi connectivity index (χ3n) is 2.32. The van der Waals surface area contributed by atoms with Gasteiger partial charge >= 0.3 is 0 Å². The lowest BCUT2D eigenvalue weighted by Crippen LogP contribution is -2.34. The van der Waals surface area contributed by atoms with Gasteiger partial charge in [0.25, 0.3) is 5.91 Å². The molecule has 0 aliphatic heterocycles. The van der Waals surface area contributed by atoms with Crippen molar-refractivity contribution in [2.75, 3.05) is 7.05 Å². The van der Waals surface area contributed by atoms with Crippen LogP contribution in [-0.4, -0.2) is 23.9 Å². The molecular formula is C11H14N2OS. The van der Waals surface area contributed by atoms with Gasteiger partial charge in [-0.25, -0.2) is 0 Å². The quantitative estimate of drug-likeness (QED) is 0.788. The fraction of sp³-hybridized carbons (Fsp3) is 0.455. The number of carbonyl (C=O) groups is 1. The zero-order chi connectivity index (χ0) is 11.4. The van der Waals surface area contributed by atoms with Gasteiger partial charge in [-0.15, -0.1) is 11.3 Å². The topological polar surface area (TPSA) is 44.1 Å². The van der Waals surface area contributed by atoms with E-state index in [1.54, 1.807) is 11.9 Å². The molecule has 4 heteroatoms. The van der Waals surface area contributed by atoms with E-state index < -0.39 is 0 Å². The van der Waals surface area contributed by atoms with E-state index in [9.17, 15) is 4.79 Å². The molecule has 3 nitrogen and oxygen atoms in total. The number of nitriles is 1. The standard InChI is InChI=1S/C11H14N2OS/c1-8(6-7-12)13(3)11(14)10-5-4-9(2)15-10/h4-5,8H,6H2,1-3H3. The van der Waals surface area contributed by atoms with Gasteiger partial charge < -0.3 is 4.90 Å². The highest BCUT2D eigenvalue weighted by Crippen LogP contribution is 2.18. The van der Waals surface area contributed by atoms with Crippen LogP contribution in [0.25, 0.3) is 0 Å². The normalized spacial score (nSPS) is 11.9. The van der Waals surface area contributed by atoms with Crippen molar-refractivity contribution in [1.82, 2.24) is 4.90 Å². The second-order valence-corrected chi connectivity index (χ2v) is 4.83. The molecule has 0 aromatic carbocycles. The van der Waals surface area contributed by atoms with Crippen LogP contribution < -0.4 is 0 Å². The van der Waals surface area contributed by atoms with E-state index in [2.05, 4.69) is 6.07 Å². The molecule has 1 rings (SSSR count). The van der Waals surface area contributed by atoms with Crippen LogP contribution in [0, 0.1) is 18.3 Å². The molecule has 0 aliphatic carbocycles. The van der Waals surface area contributed by atoms with E-state index in [0.717, 1.165) is 9.75 Å². The summed E-state index contributed by atoms with van der Waals surface area (Å²) in [5.41, 5.74) is 0. The lowest BCUT2D eigenvalue weighted by atomic mass is 10.2. The number of aryl methyl sites for hydroxylation is 1. The van der Waals surface area contributed by atoms with Crippen molar-refractivity contribution in [3.8, 4) is 6.07 Å². The maximum atomic E-state index is 11.9. The highest BCUT2D eigenvalue weighted by Gasteiger charge is 2.18. The number of nitrogens with zero attached hydrogens (tertiary/aromatic N) is 2. The van der Waals surface area contributed by atoms with E-state index in [0.29, 0.717) is 6.42 Å². The number of carbonyl (C=O) groups excluding carboxylic acids is 1. The minimum atomic E-state index is -0.0371. The van der Waals surface area contributed by atoms with Crippen LogP contribution in [0.2, 0.25) is 0 Å². The van der Waals surface area contributed by atoms with Crippen LogP contribution in [0.15, 0.2) is 12.1 Å². The number of thiophene rings is 1.